The highest BCUT2D eigenvalue weighted by Gasteiger charge is 2.24. The summed E-state index contributed by atoms with van der Waals surface area (Å²) < 4.78 is 14.7. The Labute approximate surface area is 111 Å². The number of hydrogen-bond donors (Lipinski definition) is 1. The highest BCUT2D eigenvalue weighted by molar-refractivity contribution is 5.45. The Morgan fingerprint density at radius 1 is 1.53 bits per heavy atom. The molecule has 3 rings (SSSR count). The van der Waals surface area contributed by atoms with Gasteiger partial charge in [-0.05, 0) is 31.5 Å². The highest BCUT2D eigenvalue weighted by Crippen LogP contribution is 2.18. The van der Waals surface area contributed by atoms with Gasteiger partial charge in [0, 0.05) is 19.1 Å². The van der Waals surface area contributed by atoms with E-state index in [-0.39, 0.29) is 5.82 Å². The number of anilines is 1. The fraction of sp³-hybridized carbons (Fsp3) is 0.538. The molecule has 0 saturated carbocycles. The van der Waals surface area contributed by atoms with E-state index < -0.39 is 0 Å². The van der Waals surface area contributed by atoms with Crippen LogP contribution in [0.15, 0.2) is 18.3 Å². The molecule has 0 aliphatic carbocycles. The lowest BCUT2D eigenvalue weighted by atomic mass is 10.2. The third-order valence-electron chi connectivity index (χ3n) is 3.48. The number of fused-ring (bicyclic) bond motifs is 1. The first-order valence-electron chi connectivity index (χ1n) is 6.77. The highest BCUT2D eigenvalue weighted by atomic mass is 19.1. The molecule has 6 heteroatoms. The van der Waals surface area contributed by atoms with Crippen molar-refractivity contribution in [2.24, 2.45) is 0 Å². The van der Waals surface area contributed by atoms with Gasteiger partial charge in [0.2, 0.25) is 5.95 Å². The second-order valence-corrected chi connectivity index (χ2v) is 4.90. The standard InChI is InChI=1S/C13H18FN5/c1-2-7-18(11-5-6-15-8-11)13-16-12-4-3-10(14)9-19(12)17-13/h3-4,9,11,15H,2,5-8H2,1H3. The van der Waals surface area contributed by atoms with E-state index >= 15 is 0 Å². The first kappa shape index (κ1) is 12.3. The summed E-state index contributed by atoms with van der Waals surface area (Å²) in [4.78, 5) is 6.73. The number of nitrogens with one attached hydrogen (secondary N) is 1. The van der Waals surface area contributed by atoms with Gasteiger partial charge >= 0.3 is 0 Å². The lowest BCUT2D eigenvalue weighted by molar-refractivity contribution is 0.603. The maximum atomic E-state index is 13.2. The molecule has 0 spiro atoms. The zero-order valence-corrected chi connectivity index (χ0v) is 11.0. The molecule has 1 unspecified atom stereocenters. The molecule has 0 amide bonds. The molecule has 2 aromatic heterocycles. The first-order valence-corrected chi connectivity index (χ1v) is 6.77. The summed E-state index contributed by atoms with van der Waals surface area (Å²) in [6.07, 6.45) is 3.51. The summed E-state index contributed by atoms with van der Waals surface area (Å²) in [6, 6.07) is 3.50. The monoisotopic (exact) mass is 263 g/mol. The summed E-state index contributed by atoms with van der Waals surface area (Å²) >= 11 is 0. The van der Waals surface area contributed by atoms with E-state index in [1.165, 1.54) is 16.8 Å². The van der Waals surface area contributed by atoms with Gasteiger partial charge < -0.3 is 10.2 Å². The fourth-order valence-electron chi connectivity index (χ4n) is 2.56. The lowest BCUT2D eigenvalue weighted by Crippen LogP contribution is -2.38. The molecular weight excluding hydrogens is 245 g/mol. The SMILES string of the molecule is CCCN(c1nc2ccc(F)cn2n1)C1CCNC1. The van der Waals surface area contributed by atoms with Gasteiger partial charge in [-0.2, -0.15) is 4.98 Å². The maximum Gasteiger partial charge on any atom is 0.245 e. The van der Waals surface area contributed by atoms with E-state index in [9.17, 15) is 4.39 Å². The molecule has 102 valence electrons. The maximum absolute atomic E-state index is 13.2. The second-order valence-electron chi connectivity index (χ2n) is 4.90. The van der Waals surface area contributed by atoms with Crippen LogP contribution in [-0.4, -0.2) is 40.3 Å². The van der Waals surface area contributed by atoms with Crippen molar-refractivity contribution in [1.82, 2.24) is 19.9 Å². The Balaban J connectivity index is 1.94. The van der Waals surface area contributed by atoms with Crippen molar-refractivity contribution < 1.29 is 4.39 Å². The van der Waals surface area contributed by atoms with E-state index in [0.717, 1.165) is 32.5 Å². The number of hydrogen-bond acceptors (Lipinski definition) is 4. The van der Waals surface area contributed by atoms with Crippen molar-refractivity contribution in [3.05, 3.63) is 24.1 Å². The van der Waals surface area contributed by atoms with E-state index in [2.05, 4.69) is 27.2 Å². The van der Waals surface area contributed by atoms with Gasteiger partial charge in [0.05, 0.1) is 6.20 Å². The normalized spacial score (nSPS) is 19.2. The van der Waals surface area contributed by atoms with Crippen LogP contribution in [0, 0.1) is 5.82 Å². The van der Waals surface area contributed by atoms with Crippen LogP contribution in [0.3, 0.4) is 0 Å². The average Bonchev–Trinajstić information content (AvgIpc) is 3.04. The van der Waals surface area contributed by atoms with Gasteiger partial charge in [0.1, 0.15) is 5.82 Å². The molecule has 1 fully saturated rings. The molecule has 0 bridgehead atoms. The van der Waals surface area contributed by atoms with Crippen LogP contribution in [0.5, 0.6) is 0 Å². The number of halogens is 1. The van der Waals surface area contributed by atoms with Gasteiger partial charge in [0.15, 0.2) is 5.65 Å². The second kappa shape index (κ2) is 5.13. The number of rotatable bonds is 4. The van der Waals surface area contributed by atoms with Crippen LogP contribution in [0.1, 0.15) is 19.8 Å². The Hall–Kier alpha value is -1.69. The minimum Gasteiger partial charge on any atom is -0.335 e. The first-order chi connectivity index (χ1) is 9.28. The van der Waals surface area contributed by atoms with Gasteiger partial charge in [-0.15, -0.1) is 5.10 Å². The number of nitrogens with zero attached hydrogens (tertiary/aromatic N) is 4. The Morgan fingerprint density at radius 3 is 3.16 bits per heavy atom. The molecular formula is C13H18FN5. The fourth-order valence-corrected chi connectivity index (χ4v) is 2.56. The number of aromatic nitrogens is 3. The summed E-state index contributed by atoms with van der Waals surface area (Å²) in [7, 11) is 0. The summed E-state index contributed by atoms with van der Waals surface area (Å²) in [5.41, 5.74) is 0.684. The van der Waals surface area contributed by atoms with Crippen LogP contribution in [0.2, 0.25) is 0 Å². The van der Waals surface area contributed by atoms with Gasteiger partial charge in [0.25, 0.3) is 0 Å². The van der Waals surface area contributed by atoms with E-state index in [1.807, 2.05) is 0 Å². The van der Waals surface area contributed by atoms with Gasteiger partial charge in [-0.1, -0.05) is 6.92 Å². The molecule has 0 radical (unpaired) electrons. The summed E-state index contributed by atoms with van der Waals surface area (Å²) in [6.45, 7) is 5.06. The van der Waals surface area contributed by atoms with Gasteiger partial charge in [-0.3, -0.25) is 0 Å². The van der Waals surface area contributed by atoms with Crippen LogP contribution in [0.4, 0.5) is 10.3 Å². The minimum atomic E-state index is -0.298. The summed E-state index contributed by atoms with van der Waals surface area (Å²) in [5.74, 6) is 0.398. The summed E-state index contributed by atoms with van der Waals surface area (Å²) in [5, 5.41) is 7.76. The molecule has 3 heterocycles. The van der Waals surface area contributed by atoms with Crippen molar-refractivity contribution in [3.63, 3.8) is 0 Å². The third kappa shape index (κ3) is 2.40. The van der Waals surface area contributed by atoms with Crippen molar-refractivity contribution in [3.8, 4) is 0 Å². The van der Waals surface area contributed by atoms with E-state index in [0.29, 0.717) is 17.6 Å². The largest absolute Gasteiger partial charge is 0.335 e. The molecule has 1 aliphatic heterocycles. The third-order valence-corrected chi connectivity index (χ3v) is 3.48. The molecule has 1 N–H and O–H groups in total. The molecule has 1 atom stereocenters. The number of pyridine rings is 1. The Kier molecular flexibility index (Phi) is 3.33. The Morgan fingerprint density at radius 2 is 2.42 bits per heavy atom. The van der Waals surface area contributed by atoms with Crippen molar-refractivity contribution >= 4 is 11.6 Å². The Bertz CT molecular complexity index is 561. The molecule has 5 nitrogen and oxygen atoms in total. The molecule has 2 aromatic rings. The minimum absolute atomic E-state index is 0.298. The van der Waals surface area contributed by atoms with E-state index in [1.54, 1.807) is 6.07 Å². The van der Waals surface area contributed by atoms with Crippen LogP contribution in [0.25, 0.3) is 5.65 Å². The van der Waals surface area contributed by atoms with Crippen molar-refractivity contribution in [1.29, 1.82) is 0 Å². The van der Waals surface area contributed by atoms with Crippen LogP contribution >= 0.6 is 0 Å². The zero-order valence-electron chi connectivity index (χ0n) is 11.0. The van der Waals surface area contributed by atoms with Crippen LogP contribution in [-0.2, 0) is 0 Å². The molecule has 19 heavy (non-hydrogen) atoms. The smallest absolute Gasteiger partial charge is 0.245 e. The topological polar surface area (TPSA) is 45.5 Å². The van der Waals surface area contributed by atoms with Gasteiger partial charge in [-0.25, -0.2) is 8.91 Å². The van der Waals surface area contributed by atoms with E-state index in [4.69, 9.17) is 0 Å². The molecule has 1 aliphatic rings. The van der Waals surface area contributed by atoms with Crippen LogP contribution < -0.4 is 10.2 Å². The quantitative estimate of drug-likeness (QED) is 0.907. The zero-order chi connectivity index (χ0) is 13.2. The average molecular weight is 263 g/mol. The molecule has 0 aromatic carbocycles. The predicted octanol–water partition coefficient (Wildman–Crippen LogP) is 1.45. The van der Waals surface area contributed by atoms with Crippen molar-refractivity contribution in [2.45, 2.75) is 25.8 Å². The predicted molar refractivity (Wildman–Crippen MR) is 71.9 cm³/mol. The lowest BCUT2D eigenvalue weighted by Gasteiger charge is -2.26. The van der Waals surface area contributed by atoms with Crippen molar-refractivity contribution in [2.75, 3.05) is 24.5 Å². The molecule has 1 saturated heterocycles.